The van der Waals surface area contributed by atoms with Crippen molar-refractivity contribution in [2.75, 3.05) is 0 Å². The van der Waals surface area contributed by atoms with Crippen LogP contribution in [-0.2, 0) is 0 Å². The Morgan fingerprint density at radius 3 is 1.17 bits per heavy atom. The van der Waals surface area contributed by atoms with E-state index in [1.54, 1.807) is 43.6 Å². The van der Waals surface area contributed by atoms with Crippen LogP contribution in [0.15, 0.2) is 129 Å². The van der Waals surface area contributed by atoms with Crippen LogP contribution in [0.25, 0.3) is 0 Å². The first-order valence-corrected chi connectivity index (χ1v) is 18.8. The Balaban J connectivity index is 0.000000324. The first kappa shape index (κ1) is 46.7. The minimum atomic E-state index is 0.485. The molecule has 0 bridgehead atoms. The third-order valence-electron chi connectivity index (χ3n) is 7.62. The third kappa shape index (κ3) is 21.9. The van der Waals surface area contributed by atoms with Crippen LogP contribution in [0, 0.1) is 0 Å². The van der Waals surface area contributed by atoms with E-state index in [-0.39, 0.29) is 0 Å². The van der Waals surface area contributed by atoms with Crippen molar-refractivity contribution in [1.82, 2.24) is 44.9 Å². The van der Waals surface area contributed by atoms with Crippen molar-refractivity contribution in [3.63, 3.8) is 0 Å². The number of aromatic nitrogens is 9. The molecule has 0 aromatic carbocycles. The molecule has 9 heteroatoms. The highest BCUT2D eigenvalue weighted by molar-refractivity contribution is 5.14. The zero-order valence-electron chi connectivity index (χ0n) is 34.6. The minimum Gasteiger partial charge on any atom is -0.265 e. The van der Waals surface area contributed by atoms with E-state index in [0.29, 0.717) is 35.5 Å². The fraction of sp³-hybridized carbons (Fsp3) is 0.400. The van der Waals surface area contributed by atoms with E-state index in [4.69, 9.17) is 0 Å². The molecule has 0 aliphatic heterocycles. The Bertz CT molecular complexity index is 1350. The molecule has 0 aliphatic rings. The van der Waals surface area contributed by atoms with Gasteiger partial charge in [0.25, 0.3) is 0 Å². The highest BCUT2D eigenvalue weighted by Crippen LogP contribution is 2.12. The highest BCUT2D eigenvalue weighted by Gasteiger charge is 1.99. The molecule has 0 N–H and O–H groups in total. The standard InChI is InChI=1S/3C8H11N.3C7H10N2/c1-7(2)8-3-5-9-6-4-8;1-7(2)8-4-3-5-9-6-8;1-7(2)8-5-3-4-6-9-8;1-6(2)7-3-8-5-9-4-7;1-6(2)7-5-8-3-4-9-7;1-6(2)7-3-4-8-5-9-7/h3*3-7H,1-2H3;3*3-6H,1-2H3. The molecule has 54 heavy (non-hydrogen) atoms. The van der Waals surface area contributed by atoms with Gasteiger partial charge in [0.05, 0.1) is 5.69 Å². The summed E-state index contributed by atoms with van der Waals surface area (Å²) in [6, 6.07) is 16.1. The van der Waals surface area contributed by atoms with Gasteiger partial charge in [0.1, 0.15) is 12.7 Å². The van der Waals surface area contributed by atoms with Crippen LogP contribution in [0.3, 0.4) is 0 Å². The molecule has 6 heterocycles. The molecule has 6 aromatic heterocycles. The second kappa shape index (κ2) is 28.2. The number of rotatable bonds is 6. The summed E-state index contributed by atoms with van der Waals surface area (Å²) < 4.78 is 0. The van der Waals surface area contributed by atoms with E-state index in [1.165, 1.54) is 16.7 Å². The summed E-state index contributed by atoms with van der Waals surface area (Å²) >= 11 is 0. The van der Waals surface area contributed by atoms with Gasteiger partial charge in [-0.2, -0.15) is 0 Å². The maximum Gasteiger partial charge on any atom is 0.115 e. The fourth-order valence-electron chi connectivity index (χ4n) is 4.04. The maximum absolute atomic E-state index is 4.18. The number of hydrogen-bond donors (Lipinski definition) is 0. The molecule has 0 unspecified atom stereocenters. The van der Waals surface area contributed by atoms with Gasteiger partial charge < -0.3 is 0 Å². The van der Waals surface area contributed by atoms with Crippen molar-refractivity contribution < 1.29 is 0 Å². The Morgan fingerprint density at radius 2 is 0.833 bits per heavy atom. The second-order valence-electron chi connectivity index (χ2n) is 14.2. The van der Waals surface area contributed by atoms with Gasteiger partial charge in [0, 0.05) is 79.6 Å². The van der Waals surface area contributed by atoms with E-state index in [9.17, 15) is 0 Å². The Morgan fingerprint density at radius 1 is 0.296 bits per heavy atom. The summed E-state index contributed by atoms with van der Waals surface area (Å²) in [6.07, 6.45) is 23.0. The van der Waals surface area contributed by atoms with Crippen molar-refractivity contribution in [2.45, 2.75) is 119 Å². The lowest BCUT2D eigenvalue weighted by molar-refractivity contribution is 0.812. The van der Waals surface area contributed by atoms with Crippen LogP contribution in [0.2, 0.25) is 0 Å². The van der Waals surface area contributed by atoms with Gasteiger partial charge in [0.15, 0.2) is 0 Å². The molecule has 0 atom stereocenters. The average molecular weight is 730 g/mol. The zero-order valence-corrected chi connectivity index (χ0v) is 34.6. The molecule has 0 radical (unpaired) electrons. The molecule has 0 amide bonds. The Hall–Kier alpha value is -5.31. The highest BCUT2D eigenvalue weighted by atomic mass is 14.8. The quantitative estimate of drug-likeness (QED) is 0.165. The van der Waals surface area contributed by atoms with Crippen LogP contribution in [-0.4, -0.2) is 44.9 Å². The van der Waals surface area contributed by atoms with Crippen LogP contribution in [0.5, 0.6) is 0 Å². The molecule has 288 valence electrons. The molecule has 0 saturated heterocycles. The van der Waals surface area contributed by atoms with Crippen LogP contribution in [0.4, 0.5) is 0 Å². The molecular weight excluding hydrogens is 667 g/mol. The van der Waals surface area contributed by atoms with Crippen molar-refractivity contribution in [3.05, 3.63) is 163 Å². The monoisotopic (exact) mass is 730 g/mol. The maximum atomic E-state index is 4.18. The van der Waals surface area contributed by atoms with E-state index < -0.39 is 0 Å². The SMILES string of the molecule is CC(C)c1ccccn1.CC(C)c1cccnc1.CC(C)c1ccncc1.CC(C)c1ccncn1.CC(C)c1cnccn1.CC(C)c1cncnc1. The van der Waals surface area contributed by atoms with Crippen molar-refractivity contribution in [2.24, 2.45) is 0 Å². The molecule has 0 spiro atoms. The lowest BCUT2D eigenvalue weighted by atomic mass is 10.1. The van der Waals surface area contributed by atoms with Crippen molar-refractivity contribution in [1.29, 1.82) is 0 Å². The van der Waals surface area contributed by atoms with E-state index in [0.717, 1.165) is 17.1 Å². The molecule has 6 rings (SSSR count). The number of pyridine rings is 3. The summed E-state index contributed by atoms with van der Waals surface area (Å²) in [5.74, 6) is 3.29. The van der Waals surface area contributed by atoms with E-state index in [1.807, 2.05) is 79.6 Å². The summed E-state index contributed by atoms with van der Waals surface area (Å²) in [6.45, 7) is 25.6. The topological polar surface area (TPSA) is 116 Å². The normalized spacial score (nSPS) is 10.1. The van der Waals surface area contributed by atoms with Gasteiger partial charge >= 0.3 is 0 Å². The largest absolute Gasteiger partial charge is 0.265 e. The third-order valence-corrected chi connectivity index (χ3v) is 7.62. The summed E-state index contributed by atoms with van der Waals surface area (Å²) in [5, 5.41) is 0. The molecule has 0 aliphatic carbocycles. The zero-order chi connectivity index (χ0) is 40.1. The van der Waals surface area contributed by atoms with Gasteiger partial charge in [-0.25, -0.2) is 19.9 Å². The van der Waals surface area contributed by atoms with Crippen molar-refractivity contribution in [3.8, 4) is 0 Å². The van der Waals surface area contributed by atoms with Gasteiger partial charge in [-0.15, -0.1) is 0 Å². The lowest BCUT2D eigenvalue weighted by Gasteiger charge is -2.01. The van der Waals surface area contributed by atoms with Crippen molar-refractivity contribution >= 4 is 0 Å². The van der Waals surface area contributed by atoms with Crippen LogP contribution in [0.1, 0.15) is 152 Å². The van der Waals surface area contributed by atoms with Gasteiger partial charge in [-0.1, -0.05) is 95.2 Å². The van der Waals surface area contributed by atoms with Crippen LogP contribution >= 0.6 is 0 Å². The number of hydrogen-bond acceptors (Lipinski definition) is 9. The molecule has 0 saturated carbocycles. The van der Waals surface area contributed by atoms with E-state index in [2.05, 4.69) is 134 Å². The molecule has 6 aromatic rings. The fourth-order valence-corrected chi connectivity index (χ4v) is 4.04. The smallest absolute Gasteiger partial charge is 0.115 e. The summed E-state index contributed by atoms with van der Waals surface area (Å²) in [5.41, 5.74) is 7.17. The van der Waals surface area contributed by atoms with Gasteiger partial charge in [-0.05, 0) is 88.6 Å². The summed E-state index contributed by atoms with van der Waals surface area (Å²) in [7, 11) is 0. The molecule has 0 fully saturated rings. The first-order chi connectivity index (χ1) is 25.8. The Kier molecular flexibility index (Phi) is 24.4. The van der Waals surface area contributed by atoms with Gasteiger partial charge in [0.2, 0.25) is 0 Å². The average Bonchev–Trinajstić information content (AvgIpc) is 3.21. The number of nitrogens with zero attached hydrogens (tertiary/aromatic N) is 9. The first-order valence-electron chi connectivity index (χ1n) is 18.8. The molecular formula is C45H63N9. The van der Waals surface area contributed by atoms with Crippen LogP contribution < -0.4 is 0 Å². The lowest BCUT2D eigenvalue weighted by Crippen LogP contribution is -1.91. The minimum absolute atomic E-state index is 0.485. The Labute approximate surface area is 325 Å². The summed E-state index contributed by atoms with van der Waals surface area (Å²) in [4.78, 5) is 35.8. The van der Waals surface area contributed by atoms with Gasteiger partial charge in [-0.3, -0.25) is 24.9 Å². The predicted octanol–water partition coefficient (Wildman–Crippen LogP) is 11.4. The van der Waals surface area contributed by atoms with E-state index >= 15 is 0 Å². The second-order valence-corrected chi connectivity index (χ2v) is 14.2. The molecule has 9 nitrogen and oxygen atoms in total. The predicted molar refractivity (Wildman–Crippen MR) is 223 cm³/mol.